The third kappa shape index (κ3) is 3.73. The van der Waals surface area contributed by atoms with Gasteiger partial charge in [-0.05, 0) is 0 Å². The molecule has 0 aromatic rings. The van der Waals surface area contributed by atoms with Gasteiger partial charge in [-0.1, -0.05) is 12.6 Å². The maximum absolute atomic E-state index is 9.97. The second kappa shape index (κ2) is 7.77. The number of hydrogen-bond donors (Lipinski definition) is 6. The minimum atomic E-state index is -1.55. The smallest absolute Gasteiger partial charge is 0.189 e. The first-order chi connectivity index (χ1) is 10.8. The summed E-state index contributed by atoms with van der Waals surface area (Å²) in [6, 6.07) is 0. The number of rotatable bonds is 4. The Morgan fingerprint density at radius 3 is 1.26 bits per heavy atom. The highest BCUT2D eigenvalue weighted by Crippen LogP contribution is 2.29. The molecule has 10 atom stereocenters. The summed E-state index contributed by atoms with van der Waals surface area (Å²) in [6.07, 6.45) is -12.0. The summed E-state index contributed by atoms with van der Waals surface area (Å²) in [6.45, 7) is 0. The summed E-state index contributed by atoms with van der Waals surface area (Å²) >= 11 is 0. The van der Waals surface area contributed by atoms with Gasteiger partial charge in [-0.2, -0.15) is 0 Å². The quantitative estimate of drug-likeness (QED) is 0.277. The zero-order valence-corrected chi connectivity index (χ0v) is 13.1. The lowest BCUT2D eigenvalue weighted by molar-refractivity contribution is -0.370. The molecule has 2 rings (SSSR count). The summed E-state index contributed by atoms with van der Waals surface area (Å²) in [4.78, 5) is 0. The lowest BCUT2D eigenvalue weighted by Crippen LogP contribution is -2.62. The van der Waals surface area contributed by atoms with Crippen LogP contribution in [-0.2, 0) is 14.2 Å². The molecule has 2 fully saturated rings. The van der Waals surface area contributed by atoms with Gasteiger partial charge in [0, 0.05) is 0 Å². The standard InChI is InChI=1S/C12H24B2O9/c13-1-3-5(15)7(17)9(19)11(21-3)23-12-10(20)8(18)6(16)4(2-14)22-12/h3-12,15-20H,1-2,13-14H2. The van der Waals surface area contributed by atoms with Crippen molar-refractivity contribution in [3.05, 3.63) is 0 Å². The van der Waals surface area contributed by atoms with Crippen molar-refractivity contribution in [2.45, 2.75) is 74.1 Å². The Kier molecular flexibility index (Phi) is 6.45. The highest BCUT2D eigenvalue weighted by atomic mass is 16.8. The number of aliphatic hydroxyl groups is 6. The third-order valence-corrected chi connectivity index (χ3v) is 4.41. The molecule has 9 nitrogen and oxygen atoms in total. The molecule has 2 aliphatic heterocycles. The van der Waals surface area contributed by atoms with E-state index in [1.807, 2.05) is 0 Å². The minimum absolute atomic E-state index is 0.373. The van der Waals surface area contributed by atoms with Gasteiger partial charge in [0.1, 0.15) is 52.3 Å². The molecule has 0 amide bonds. The molecule has 2 saturated heterocycles. The van der Waals surface area contributed by atoms with E-state index in [-0.39, 0.29) is 0 Å². The molecular weight excluding hydrogens is 310 g/mol. The van der Waals surface area contributed by atoms with Crippen molar-refractivity contribution in [1.29, 1.82) is 0 Å². The molecule has 0 radical (unpaired) electrons. The number of aliphatic hydroxyl groups excluding tert-OH is 6. The largest absolute Gasteiger partial charge is 0.388 e. The van der Waals surface area contributed by atoms with Crippen molar-refractivity contribution in [2.24, 2.45) is 0 Å². The highest BCUT2D eigenvalue weighted by Gasteiger charge is 2.48. The van der Waals surface area contributed by atoms with E-state index >= 15 is 0 Å². The Bertz CT molecular complexity index is 352. The molecule has 0 aromatic heterocycles. The zero-order valence-electron chi connectivity index (χ0n) is 13.1. The first-order valence-electron chi connectivity index (χ1n) is 7.86. The number of ether oxygens (including phenoxy) is 3. The van der Waals surface area contributed by atoms with Crippen molar-refractivity contribution in [2.75, 3.05) is 0 Å². The molecule has 2 aliphatic rings. The zero-order chi connectivity index (χ0) is 17.3. The molecule has 0 bridgehead atoms. The van der Waals surface area contributed by atoms with Gasteiger partial charge in [0.2, 0.25) is 0 Å². The summed E-state index contributed by atoms with van der Waals surface area (Å²) in [7, 11) is 3.46. The fourth-order valence-corrected chi connectivity index (χ4v) is 2.87. The van der Waals surface area contributed by atoms with Gasteiger partial charge in [0.15, 0.2) is 12.6 Å². The number of hydrogen-bond acceptors (Lipinski definition) is 9. The normalized spacial score (nSPS) is 51.6. The van der Waals surface area contributed by atoms with E-state index < -0.39 is 61.4 Å². The summed E-state index contributed by atoms with van der Waals surface area (Å²) in [5, 5.41) is 59.2. The van der Waals surface area contributed by atoms with Gasteiger partial charge >= 0.3 is 0 Å². The van der Waals surface area contributed by atoms with Crippen LogP contribution >= 0.6 is 0 Å². The van der Waals surface area contributed by atoms with Crippen LogP contribution in [0.2, 0.25) is 12.6 Å². The Morgan fingerprint density at radius 1 is 0.609 bits per heavy atom. The monoisotopic (exact) mass is 334 g/mol. The summed E-state index contributed by atoms with van der Waals surface area (Å²) < 4.78 is 16.2. The van der Waals surface area contributed by atoms with Crippen LogP contribution in [0.25, 0.3) is 0 Å². The maximum Gasteiger partial charge on any atom is 0.189 e. The Labute approximate surface area is 135 Å². The minimum Gasteiger partial charge on any atom is -0.388 e. The van der Waals surface area contributed by atoms with Crippen LogP contribution in [0.4, 0.5) is 0 Å². The lowest BCUT2D eigenvalue weighted by Gasteiger charge is -2.45. The van der Waals surface area contributed by atoms with Gasteiger partial charge < -0.3 is 44.8 Å². The molecule has 0 aromatic carbocycles. The predicted molar refractivity (Wildman–Crippen MR) is 81.1 cm³/mol. The van der Waals surface area contributed by atoms with Gasteiger partial charge in [-0.25, -0.2) is 0 Å². The fraction of sp³-hybridized carbons (Fsp3) is 1.00. The average molecular weight is 334 g/mol. The van der Waals surface area contributed by atoms with Gasteiger partial charge in [0.25, 0.3) is 0 Å². The lowest BCUT2D eigenvalue weighted by atomic mass is 9.89. The van der Waals surface area contributed by atoms with E-state index in [9.17, 15) is 30.6 Å². The van der Waals surface area contributed by atoms with E-state index in [0.29, 0.717) is 12.6 Å². The molecular formula is C12H24B2O9. The molecule has 0 spiro atoms. The Balaban J connectivity index is 2.07. The van der Waals surface area contributed by atoms with Crippen molar-refractivity contribution in [3.8, 4) is 0 Å². The van der Waals surface area contributed by atoms with E-state index in [1.165, 1.54) is 0 Å². The van der Waals surface area contributed by atoms with Crippen LogP contribution in [0, 0.1) is 0 Å². The maximum atomic E-state index is 9.97. The average Bonchev–Trinajstić information content (AvgIpc) is 2.55. The van der Waals surface area contributed by atoms with Crippen LogP contribution in [-0.4, -0.2) is 108 Å². The molecule has 0 saturated carbocycles. The molecule has 0 aliphatic carbocycles. The van der Waals surface area contributed by atoms with Crippen molar-refractivity contribution >= 4 is 15.7 Å². The third-order valence-electron chi connectivity index (χ3n) is 4.41. The molecule has 6 N–H and O–H groups in total. The van der Waals surface area contributed by atoms with Gasteiger partial charge in [0.05, 0.1) is 12.2 Å². The SMILES string of the molecule is BCC1OC(OC2OC(CB)C(O)C(O)C2O)C(O)C(O)C1O. The molecule has 2 heterocycles. The first-order valence-corrected chi connectivity index (χ1v) is 7.86. The van der Waals surface area contributed by atoms with E-state index in [2.05, 4.69) is 0 Å². The summed E-state index contributed by atoms with van der Waals surface area (Å²) in [5.74, 6) is 0. The summed E-state index contributed by atoms with van der Waals surface area (Å²) in [5.41, 5.74) is 0. The predicted octanol–water partition coefficient (Wildman–Crippen LogP) is -5.28. The van der Waals surface area contributed by atoms with Crippen LogP contribution in [0.1, 0.15) is 0 Å². The van der Waals surface area contributed by atoms with Crippen LogP contribution < -0.4 is 0 Å². The Morgan fingerprint density at radius 2 is 0.957 bits per heavy atom. The van der Waals surface area contributed by atoms with Crippen LogP contribution in [0.5, 0.6) is 0 Å². The Hall–Kier alpha value is -0.230. The van der Waals surface area contributed by atoms with Crippen molar-refractivity contribution in [1.82, 2.24) is 0 Å². The second-order valence-corrected chi connectivity index (χ2v) is 5.98. The molecule has 132 valence electrons. The van der Waals surface area contributed by atoms with Gasteiger partial charge in [-0.3, -0.25) is 0 Å². The van der Waals surface area contributed by atoms with E-state index in [0.717, 1.165) is 0 Å². The second-order valence-electron chi connectivity index (χ2n) is 5.98. The van der Waals surface area contributed by atoms with Crippen LogP contribution in [0.15, 0.2) is 0 Å². The van der Waals surface area contributed by atoms with Crippen molar-refractivity contribution in [3.63, 3.8) is 0 Å². The molecule has 10 unspecified atom stereocenters. The molecule has 11 heteroatoms. The van der Waals surface area contributed by atoms with Gasteiger partial charge in [-0.15, -0.1) is 0 Å². The van der Waals surface area contributed by atoms with E-state index in [1.54, 1.807) is 15.7 Å². The fourth-order valence-electron chi connectivity index (χ4n) is 2.87. The van der Waals surface area contributed by atoms with Crippen molar-refractivity contribution < 1.29 is 44.8 Å². The molecule has 23 heavy (non-hydrogen) atoms. The highest BCUT2D eigenvalue weighted by molar-refractivity contribution is 6.09. The topological polar surface area (TPSA) is 149 Å². The first kappa shape index (κ1) is 19.1. The van der Waals surface area contributed by atoms with Crippen LogP contribution in [0.3, 0.4) is 0 Å². The van der Waals surface area contributed by atoms with E-state index in [4.69, 9.17) is 14.2 Å².